The molecule has 0 unspecified atom stereocenters. The Morgan fingerprint density at radius 3 is 2.80 bits per heavy atom. The van der Waals surface area contributed by atoms with Crippen molar-refractivity contribution in [1.82, 2.24) is 4.98 Å². The van der Waals surface area contributed by atoms with Gasteiger partial charge in [-0.2, -0.15) is 0 Å². The van der Waals surface area contributed by atoms with E-state index in [2.05, 4.69) is 32.7 Å². The van der Waals surface area contributed by atoms with Gasteiger partial charge in [-0.1, -0.05) is 6.92 Å². The van der Waals surface area contributed by atoms with Gasteiger partial charge in [0.15, 0.2) is 0 Å². The van der Waals surface area contributed by atoms with Crippen molar-refractivity contribution in [3.8, 4) is 0 Å². The highest BCUT2D eigenvalue weighted by atomic mass is 79.9. The Bertz CT molecular complexity index is 346. The number of pyridine rings is 1. The molecule has 0 amide bonds. The summed E-state index contributed by atoms with van der Waals surface area (Å²) in [6, 6.07) is 1.94. The van der Waals surface area contributed by atoms with Crippen LogP contribution < -0.4 is 10.6 Å². The van der Waals surface area contributed by atoms with Crippen molar-refractivity contribution < 1.29 is 0 Å². The molecule has 2 heterocycles. The molecule has 82 valence electrons. The number of halogens is 1. The van der Waals surface area contributed by atoms with Gasteiger partial charge in [0.25, 0.3) is 0 Å². The highest BCUT2D eigenvalue weighted by Crippen LogP contribution is 2.30. The summed E-state index contributed by atoms with van der Waals surface area (Å²) in [5.41, 5.74) is 6.88. The summed E-state index contributed by atoms with van der Waals surface area (Å²) in [4.78, 5) is 6.43. The summed E-state index contributed by atoms with van der Waals surface area (Å²) in [6.07, 6.45) is 4.30. The molecule has 3 nitrogen and oxygen atoms in total. The van der Waals surface area contributed by atoms with Gasteiger partial charge in [-0.3, -0.25) is 0 Å². The number of piperidine rings is 1. The van der Waals surface area contributed by atoms with Crippen molar-refractivity contribution in [2.24, 2.45) is 5.92 Å². The number of nitrogen functional groups attached to an aromatic ring is 1. The van der Waals surface area contributed by atoms with E-state index in [9.17, 15) is 0 Å². The molecule has 0 radical (unpaired) electrons. The van der Waals surface area contributed by atoms with Crippen LogP contribution in [-0.2, 0) is 0 Å². The minimum Gasteiger partial charge on any atom is -0.384 e. The van der Waals surface area contributed by atoms with E-state index < -0.39 is 0 Å². The maximum absolute atomic E-state index is 5.70. The number of hydrogen-bond donors (Lipinski definition) is 1. The zero-order chi connectivity index (χ0) is 10.8. The maximum atomic E-state index is 5.70. The largest absolute Gasteiger partial charge is 0.384 e. The molecule has 2 N–H and O–H groups in total. The molecule has 15 heavy (non-hydrogen) atoms. The van der Waals surface area contributed by atoms with E-state index in [1.54, 1.807) is 6.20 Å². The van der Waals surface area contributed by atoms with Crippen LogP contribution in [0.3, 0.4) is 0 Å². The third-order valence-electron chi connectivity index (χ3n) is 2.98. The minimum atomic E-state index is 0.590. The van der Waals surface area contributed by atoms with E-state index in [0.717, 1.165) is 23.5 Å². The molecule has 1 saturated heterocycles. The van der Waals surface area contributed by atoms with E-state index in [1.807, 2.05) is 6.07 Å². The van der Waals surface area contributed by atoms with E-state index >= 15 is 0 Å². The molecule has 1 aromatic heterocycles. The number of rotatable bonds is 1. The molecule has 1 aliphatic heterocycles. The molecule has 0 spiro atoms. The predicted octanol–water partition coefficient (Wildman–Crippen LogP) is 2.66. The van der Waals surface area contributed by atoms with Gasteiger partial charge in [0, 0.05) is 25.4 Å². The van der Waals surface area contributed by atoms with Gasteiger partial charge in [0.05, 0.1) is 10.2 Å². The van der Waals surface area contributed by atoms with Crippen molar-refractivity contribution in [2.75, 3.05) is 23.7 Å². The van der Waals surface area contributed by atoms with Crippen LogP contribution >= 0.6 is 15.9 Å². The Balaban J connectivity index is 2.18. The van der Waals surface area contributed by atoms with E-state index in [0.29, 0.717) is 5.82 Å². The number of anilines is 2. The lowest BCUT2D eigenvalue weighted by molar-refractivity contribution is 0.438. The number of nitrogens with zero attached hydrogens (tertiary/aromatic N) is 2. The Morgan fingerprint density at radius 2 is 2.13 bits per heavy atom. The standard InChI is InChI=1S/C11H16BrN3/c1-8-2-4-15(5-3-8)10-6-11(13)14-7-9(10)12/h6-8H,2-5H2,1H3,(H2,13,14). The smallest absolute Gasteiger partial charge is 0.125 e. The quantitative estimate of drug-likeness (QED) is 0.853. The van der Waals surface area contributed by atoms with Crippen molar-refractivity contribution in [2.45, 2.75) is 19.8 Å². The highest BCUT2D eigenvalue weighted by Gasteiger charge is 2.18. The second kappa shape index (κ2) is 4.39. The first-order valence-electron chi connectivity index (χ1n) is 5.33. The van der Waals surface area contributed by atoms with E-state index in [1.165, 1.54) is 18.5 Å². The molecule has 0 aliphatic carbocycles. The summed E-state index contributed by atoms with van der Waals surface area (Å²) < 4.78 is 1.03. The van der Waals surface area contributed by atoms with Crippen molar-refractivity contribution in [1.29, 1.82) is 0 Å². The summed E-state index contributed by atoms with van der Waals surface area (Å²) in [7, 11) is 0. The van der Waals surface area contributed by atoms with Gasteiger partial charge < -0.3 is 10.6 Å². The molecule has 1 aliphatic rings. The monoisotopic (exact) mass is 269 g/mol. The lowest BCUT2D eigenvalue weighted by Gasteiger charge is -2.32. The van der Waals surface area contributed by atoms with Crippen LogP contribution in [-0.4, -0.2) is 18.1 Å². The first-order valence-corrected chi connectivity index (χ1v) is 6.12. The fourth-order valence-electron chi connectivity index (χ4n) is 1.94. The molecule has 0 saturated carbocycles. The SMILES string of the molecule is CC1CCN(c2cc(N)ncc2Br)CC1. The fraction of sp³-hybridized carbons (Fsp3) is 0.545. The second-order valence-electron chi connectivity index (χ2n) is 4.23. The number of hydrogen-bond acceptors (Lipinski definition) is 3. The first kappa shape index (κ1) is 10.7. The predicted molar refractivity (Wildman–Crippen MR) is 67.0 cm³/mol. The summed E-state index contributed by atoms with van der Waals surface area (Å²) in [5.74, 6) is 1.44. The fourth-order valence-corrected chi connectivity index (χ4v) is 2.40. The van der Waals surface area contributed by atoms with Crippen molar-refractivity contribution in [3.63, 3.8) is 0 Å². The van der Waals surface area contributed by atoms with Crippen molar-refractivity contribution >= 4 is 27.4 Å². The lowest BCUT2D eigenvalue weighted by Crippen LogP contribution is -2.33. The van der Waals surface area contributed by atoms with Gasteiger partial charge in [-0.05, 0) is 34.7 Å². The average molecular weight is 270 g/mol. The molecular formula is C11H16BrN3. The molecule has 2 rings (SSSR count). The van der Waals surface area contributed by atoms with Gasteiger partial charge in [-0.15, -0.1) is 0 Å². The van der Waals surface area contributed by atoms with Crippen LogP contribution in [0.5, 0.6) is 0 Å². The number of nitrogens with two attached hydrogens (primary N) is 1. The van der Waals surface area contributed by atoms with E-state index in [4.69, 9.17) is 5.73 Å². The zero-order valence-corrected chi connectivity index (χ0v) is 10.5. The van der Waals surface area contributed by atoms with Gasteiger partial charge in [0.1, 0.15) is 5.82 Å². The van der Waals surface area contributed by atoms with E-state index in [-0.39, 0.29) is 0 Å². The molecular weight excluding hydrogens is 254 g/mol. The molecule has 4 heteroatoms. The van der Waals surface area contributed by atoms with Crippen LogP contribution in [0, 0.1) is 5.92 Å². The summed E-state index contributed by atoms with van der Waals surface area (Å²) in [6.45, 7) is 4.54. The molecule has 0 aromatic carbocycles. The number of aromatic nitrogens is 1. The minimum absolute atomic E-state index is 0.590. The molecule has 1 fully saturated rings. The Hall–Kier alpha value is -0.770. The topological polar surface area (TPSA) is 42.1 Å². The first-order chi connectivity index (χ1) is 7.16. The Kier molecular flexibility index (Phi) is 3.14. The Morgan fingerprint density at radius 1 is 1.47 bits per heavy atom. The van der Waals surface area contributed by atoms with Crippen LogP contribution in [0.4, 0.5) is 11.5 Å². The maximum Gasteiger partial charge on any atom is 0.125 e. The summed E-state index contributed by atoms with van der Waals surface area (Å²) in [5, 5.41) is 0. The second-order valence-corrected chi connectivity index (χ2v) is 5.08. The van der Waals surface area contributed by atoms with Gasteiger partial charge >= 0.3 is 0 Å². The van der Waals surface area contributed by atoms with Crippen molar-refractivity contribution in [3.05, 3.63) is 16.7 Å². The Labute approximate surface area is 98.8 Å². The molecule has 0 atom stereocenters. The average Bonchev–Trinajstić information content (AvgIpc) is 2.23. The van der Waals surface area contributed by atoms with Crippen LogP contribution in [0.25, 0.3) is 0 Å². The third-order valence-corrected chi connectivity index (χ3v) is 3.59. The zero-order valence-electron chi connectivity index (χ0n) is 8.91. The highest BCUT2D eigenvalue weighted by molar-refractivity contribution is 9.10. The summed E-state index contributed by atoms with van der Waals surface area (Å²) >= 11 is 3.52. The molecule has 0 bridgehead atoms. The van der Waals surface area contributed by atoms with Crippen LogP contribution in [0.15, 0.2) is 16.7 Å². The third kappa shape index (κ3) is 2.43. The van der Waals surface area contributed by atoms with Gasteiger partial charge in [0.2, 0.25) is 0 Å². The van der Waals surface area contributed by atoms with Crippen LogP contribution in [0.2, 0.25) is 0 Å². The van der Waals surface area contributed by atoms with Gasteiger partial charge in [-0.25, -0.2) is 4.98 Å². The van der Waals surface area contributed by atoms with Crippen LogP contribution in [0.1, 0.15) is 19.8 Å². The molecule has 1 aromatic rings. The lowest BCUT2D eigenvalue weighted by atomic mass is 9.99. The normalized spacial score (nSPS) is 18.1.